The maximum absolute atomic E-state index is 12.6. The molecule has 0 radical (unpaired) electrons. The smallest absolute Gasteiger partial charge is 0.205 e. The molecule has 0 saturated heterocycles. The van der Waals surface area contributed by atoms with E-state index in [4.69, 9.17) is 11.6 Å². The molecule has 2 rings (SSSR count). The molecule has 0 atom stereocenters. The number of Topliss-reactive ketones (excluding diaryl/α,β-unsaturated/α-hetero) is 2. The highest BCUT2D eigenvalue weighted by molar-refractivity contribution is 6.50. The van der Waals surface area contributed by atoms with Crippen molar-refractivity contribution in [3.05, 3.63) is 76.0 Å². The van der Waals surface area contributed by atoms with E-state index < -0.39 is 0 Å². The van der Waals surface area contributed by atoms with E-state index in [0.717, 1.165) is 12.0 Å². The van der Waals surface area contributed by atoms with Crippen LogP contribution in [0.15, 0.2) is 64.9 Å². The lowest BCUT2D eigenvalue weighted by molar-refractivity contribution is 0.0982. The van der Waals surface area contributed by atoms with Gasteiger partial charge in [-0.15, -0.1) is 5.73 Å². The topological polar surface area (TPSA) is 34.1 Å². The summed E-state index contributed by atoms with van der Waals surface area (Å²) >= 11 is 6.15. The maximum atomic E-state index is 12.6. The molecule has 0 amide bonds. The highest BCUT2D eigenvalue weighted by atomic mass is 35.5. The lowest BCUT2D eigenvalue weighted by atomic mass is 9.84. The fourth-order valence-electron chi connectivity index (χ4n) is 2.23. The average molecular weight is 299 g/mol. The van der Waals surface area contributed by atoms with Crippen LogP contribution in [0.3, 0.4) is 0 Å². The van der Waals surface area contributed by atoms with Crippen molar-refractivity contribution in [3.63, 3.8) is 0 Å². The van der Waals surface area contributed by atoms with Gasteiger partial charge in [0.1, 0.15) is 5.03 Å². The zero-order valence-corrected chi connectivity index (χ0v) is 12.6. The predicted molar refractivity (Wildman–Crippen MR) is 84.7 cm³/mol. The molecule has 0 bridgehead atoms. The number of hydrogen-bond acceptors (Lipinski definition) is 2. The number of carbonyl (C=O) groups is 2. The van der Waals surface area contributed by atoms with Gasteiger partial charge in [0.15, 0.2) is 5.78 Å². The first-order valence-corrected chi connectivity index (χ1v) is 7.03. The van der Waals surface area contributed by atoms with Crippen LogP contribution in [0, 0.1) is 0 Å². The Balaban J connectivity index is 2.56. The van der Waals surface area contributed by atoms with Gasteiger partial charge in [0.25, 0.3) is 0 Å². The van der Waals surface area contributed by atoms with Gasteiger partial charge >= 0.3 is 0 Å². The Morgan fingerprint density at radius 1 is 1.19 bits per heavy atom. The summed E-state index contributed by atoms with van der Waals surface area (Å²) in [5, 5.41) is -0.0613. The number of rotatable bonds is 4. The second kappa shape index (κ2) is 6.09. The molecule has 0 spiro atoms. The summed E-state index contributed by atoms with van der Waals surface area (Å²) in [5.41, 5.74) is 5.11. The number of halogens is 1. The summed E-state index contributed by atoms with van der Waals surface area (Å²) < 4.78 is 0. The molecule has 0 saturated carbocycles. The monoisotopic (exact) mass is 298 g/mol. The molecule has 0 fully saturated rings. The molecule has 0 aliphatic heterocycles. The Labute approximate surface area is 129 Å². The number of allylic oxidation sites excluding steroid dienone is 4. The summed E-state index contributed by atoms with van der Waals surface area (Å²) in [6, 6.07) is 6.68. The number of benzene rings is 1. The van der Waals surface area contributed by atoms with Crippen molar-refractivity contribution >= 4 is 23.2 Å². The van der Waals surface area contributed by atoms with Gasteiger partial charge in [0.2, 0.25) is 5.78 Å². The molecule has 0 aromatic heterocycles. The fourth-order valence-corrected chi connectivity index (χ4v) is 2.53. The molecule has 3 heteroatoms. The molecule has 1 aliphatic rings. The minimum absolute atomic E-state index is 0.0613. The van der Waals surface area contributed by atoms with Crippen LogP contribution in [0.2, 0.25) is 0 Å². The van der Waals surface area contributed by atoms with Gasteiger partial charge in [-0.05, 0) is 6.42 Å². The SMILES string of the molecule is C=C=C(CC(=C)CC)C1=C(Cl)C(=O)c2ccccc2C1=O. The molecule has 0 heterocycles. The lowest BCUT2D eigenvalue weighted by Crippen LogP contribution is -2.21. The van der Waals surface area contributed by atoms with Crippen molar-refractivity contribution in [2.24, 2.45) is 0 Å². The van der Waals surface area contributed by atoms with Gasteiger partial charge in [0, 0.05) is 23.1 Å². The van der Waals surface area contributed by atoms with E-state index in [1.807, 2.05) is 6.92 Å². The number of carbonyl (C=O) groups excluding carboxylic acids is 2. The third kappa shape index (κ3) is 2.69. The van der Waals surface area contributed by atoms with E-state index in [-0.39, 0.29) is 22.2 Å². The zero-order valence-electron chi connectivity index (χ0n) is 11.8. The number of fused-ring (bicyclic) bond motifs is 1. The van der Waals surface area contributed by atoms with Crippen LogP contribution in [0.25, 0.3) is 0 Å². The largest absolute Gasteiger partial charge is 0.288 e. The van der Waals surface area contributed by atoms with Crippen molar-refractivity contribution in [1.29, 1.82) is 0 Å². The predicted octanol–water partition coefficient (Wildman–Crippen LogP) is 4.63. The first kappa shape index (κ1) is 15.2. The first-order valence-electron chi connectivity index (χ1n) is 6.65. The summed E-state index contributed by atoms with van der Waals surface area (Å²) in [6.07, 6.45) is 1.21. The lowest BCUT2D eigenvalue weighted by Gasteiger charge is -2.19. The standard InChI is InChI=1S/C18H15ClO2/c1-4-11(3)10-12(5-2)15-16(19)18(21)14-9-7-6-8-13(14)17(15)20/h6-9H,2-4,10H2,1H3. The molecule has 2 nitrogen and oxygen atoms in total. The molecule has 106 valence electrons. The van der Waals surface area contributed by atoms with Crippen LogP contribution in [0.5, 0.6) is 0 Å². The first-order chi connectivity index (χ1) is 10.0. The molecule has 1 aromatic rings. The van der Waals surface area contributed by atoms with Crippen molar-refractivity contribution in [2.75, 3.05) is 0 Å². The average Bonchev–Trinajstić information content (AvgIpc) is 2.51. The van der Waals surface area contributed by atoms with Crippen molar-refractivity contribution in [2.45, 2.75) is 19.8 Å². The van der Waals surface area contributed by atoms with Crippen molar-refractivity contribution in [1.82, 2.24) is 0 Å². The quantitative estimate of drug-likeness (QED) is 0.600. The van der Waals surface area contributed by atoms with Crippen LogP contribution >= 0.6 is 11.6 Å². The maximum Gasteiger partial charge on any atom is 0.205 e. The fraction of sp³-hybridized carbons (Fsp3) is 0.167. The van der Waals surface area contributed by atoms with E-state index in [0.29, 0.717) is 23.1 Å². The Morgan fingerprint density at radius 2 is 1.76 bits per heavy atom. The van der Waals surface area contributed by atoms with Gasteiger partial charge < -0.3 is 0 Å². The highest BCUT2D eigenvalue weighted by Gasteiger charge is 2.32. The van der Waals surface area contributed by atoms with Gasteiger partial charge in [-0.3, -0.25) is 9.59 Å². The molecule has 1 aromatic carbocycles. The molecular weight excluding hydrogens is 284 g/mol. The Kier molecular flexibility index (Phi) is 4.42. The van der Waals surface area contributed by atoms with Crippen LogP contribution < -0.4 is 0 Å². The number of ketones is 2. The minimum Gasteiger partial charge on any atom is -0.288 e. The number of hydrogen-bond donors (Lipinski definition) is 0. The summed E-state index contributed by atoms with van der Waals surface area (Å²) in [5.74, 6) is -0.595. The Bertz CT molecular complexity index is 731. The van der Waals surface area contributed by atoms with Gasteiger partial charge in [0.05, 0.1) is 5.57 Å². The second-order valence-corrected chi connectivity index (χ2v) is 5.21. The third-order valence-electron chi connectivity index (χ3n) is 3.50. The molecule has 21 heavy (non-hydrogen) atoms. The minimum atomic E-state index is -0.336. The molecular formula is C18H15ClO2. The van der Waals surface area contributed by atoms with E-state index in [9.17, 15) is 9.59 Å². The summed E-state index contributed by atoms with van der Waals surface area (Å²) in [7, 11) is 0. The summed E-state index contributed by atoms with van der Waals surface area (Å²) in [6.45, 7) is 9.51. The van der Waals surface area contributed by atoms with Gasteiger partial charge in [-0.1, -0.05) is 61.5 Å². The molecule has 0 unspecified atom stereocenters. The van der Waals surface area contributed by atoms with Crippen LogP contribution in [-0.2, 0) is 0 Å². The Hall–Kier alpha value is -2.15. The highest BCUT2D eigenvalue weighted by Crippen LogP contribution is 2.34. The molecule has 0 N–H and O–H groups in total. The van der Waals surface area contributed by atoms with Crippen LogP contribution in [0.1, 0.15) is 40.5 Å². The van der Waals surface area contributed by atoms with E-state index >= 15 is 0 Å². The molecule has 1 aliphatic carbocycles. The van der Waals surface area contributed by atoms with E-state index in [1.165, 1.54) is 0 Å². The Morgan fingerprint density at radius 3 is 2.29 bits per heavy atom. The van der Waals surface area contributed by atoms with Gasteiger partial charge in [-0.2, -0.15) is 0 Å². The van der Waals surface area contributed by atoms with Crippen molar-refractivity contribution < 1.29 is 9.59 Å². The second-order valence-electron chi connectivity index (χ2n) is 4.83. The summed E-state index contributed by atoms with van der Waals surface area (Å²) in [4.78, 5) is 25.0. The van der Waals surface area contributed by atoms with Crippen LogP contribution in [-0.4, -0.2) is 11.6 Å². The van der Waals surface area contributed by atoms with Gasteiger partial charge in [-0.25, -0.2) is 0 Å². The van der Waals surface area contributed by atoms with E-state index in [1.54, 1.807) is 24.3 Å². The third-order valence-corrected chi connectivity index (χ3v) is 3.86. The normalized spacial score (nSPS) is 13.8. The van der Waals surface area contributed by atoms with Crippen molar-refractivity contribution in [3.8, 4) is 0 Å². The van der Waals surface area contributed by atoms with E-state index in [2.05, 4.69) is 18.9 Å². The van der Waals surface area contributed by atoms with Crippen LogP contribution in [0.4, 0.5) is 0 Å². The zero-order chi connectivity index (χ0) is 15.6.